The average molecular weight is 520 g/mol. The van der Waals surface area contributed by atoms with Gasteiger partial charge in [-0.3, -0.25) is 0 Å². The number of halogens is 1. The maximum Gasteiger partial charge on any atom is 0.170 e. The first kappa shape index (κ1) is 25.6. The minimum absolute atomic E-state index is 0. The van der Waals surface area contributed by atoms with Crippen LogP contribution >= 0.6 is 12.4 Å². The Balaban J connectivity index is 0.00000294. The van der Waals surface area contributed by atoms with Crippen LogP contribution in [0.15, 0.2) is 127 Å². The summed E-state index contributed by atoms with van der Waals surface area (Å²) in [7, 11) is 0. The highest BCUT2D eigenvalue weighted by Gasteiger charge is 2.24. The summed E-state index contributed by atoms with van der Waals surface area (Å²) in [6, 6.07) is 43.7. The monoisotopic (exact) mass is 519 g/mol. The van der Waals surface area contributed by atoms with Gasteiger partial charge in [-0.2, -0.15) is 0 Å². The summed E-state index contributed by atoms with van der Waals surface area (Å²) in [5.41, 5.74) is 6.35. The number of benzene rings is 5. The van der Waals surface area contributed by atoms with E-state index in [1.54, 1.807) is 0 Å². The van der Waals surface area contributed by atoms with Crippen molar-refractivity contribution in [2.45, 2.75) is 18.9 Å². The van der Waals surface area contributed by atoms with Gasteiger partial charge in [-0.05, 0) is 83.6 Å². The van der Waals surface area contributed by atoms with Crippen LogP contribution in [0, 0.1) is 0 Å². The molecule has 0 saturated heterocycles. The Morgan fingerprint density at radius 1 is 0.605 bits per heavy atom. The standard InChI is InChI=1S/C34H29NO2.ClH/c1-4-10-26(11-5-1)27-18-16-25(17-19-27)22-32-31-24-34(37-30-14-8-3-9-15-30)33(23-28(31)20-21-35-32)36-29-12-6-2-7-13-29;/h1-19,23-24,32,35H,20-22H2;1H. The Hall–Kier alpha value is -4.05. The molecule has 0 aliphatic carbocycles. The van der Waals surface area contributed by atoms with E-state index in [2.05, 4.69) is 72.0 Å². The van der Waals surface area contributed by atoms with E-state index in [4.69, 9.17) is 9.47 Å². The number of nitrogens with one attached hydrogen (secondary N) is 1. The van der Waals surface area contributed by atoms with E-state index in [1.807, 2.05) is 60.7 Å². The summed E-state index contributed by atoms with van der Waals surface area (Å²) in [5, 5.41) is 3.73. The highest BCUT2D eigenvalue weighted by Crippen LogP contribution is 2.40. The van der Waals surface area contributed by atoms with Crippen LogP contribution in [0.5, 0.6) is 23.0 Å². The lowest BCUT2D eigenvalue weighted by Gasteiger charge is -2.28. The van der Waals surface area contributed by atoms with Crippen molar-refractivity contribution < 1.29 is 9.47 Å². The zero-order valence-electron chi connectivity index (χ0n) is 21.0. The minimum Gasteiger partial charge on any atom is -0.453 e. The first-order valence-electron chi connectivity index (χ1n) is 12.8. The molecule has 0 spiro atoms. The average Bonchev–Trinajstić information content (AvgIpc) is 2.96. The third-order valence-electron chi connectivity index (χ3n) is 6.81. The van der Waals surface area contributed by atoms with Crippen molar-refractivity contribution in [2.24, 2.45) is 0 Å². The third kappa shape index (κ3) is 5.91. The molecule has 6 rings (SSSR count). The number of hydrogen-bond donors (Lipinski definition) is 1. The Morgan fingerprint density at radius 3 is 1.74 bits per heavy atom. The number of para-hydroxylation sites is 2. The van der Waals surface area contributed by atoms with Gasteiger partial charge in [0.1, 0.15) is 11.5 Å². The Morgan fingerprint density at radius 2 is 1.13 bits per heavy atom. The number of hydrogen-bond acceptors (Lipinski definition) is 3. The predicted molar refractivity (Wildman–Crippen MR) is 157 cm³/mol. The molecule has 0 amide bonds. The fraction of sp³-hybridized carbons (Fsp3) is 0.118. The second-order valence-corrected chi connectivity index (χ2v) is 9.35. The first-order chi connectivity index (χ1) is 18.3. The molecular weight excluding hydrogens is 490 g/mol. The minimum atomic E-state index is 0. The van der Waals surface area contributed by atoms with Crippen molar-refractivity contribution >= 4 is 12.4 Å². The Kier molecular flexibility index (Phi) is 8.08. The molecule has 1 aliphatic rings. The van der Waals surface area contributed by atoms with Crippen molar-refractivity contribution in [3.05, 3.63) is 144 Å². The molecule has 0 bridgehead atoms. The smallest absolute Gasteiger partial charge is 0.170 e. The van der Waals surface area contributed by atoms with Gasteiger partial charge in [-0.15, -0.1) is 12.4 Å². The molecule has 1 heterocycles. The largest absolute Gasteiger partial charge is 0.453 e. The first-order valence-corrected chi connectivity index (χ1v) is 12.8. The maximum atomic E-state index is 6.36. The molecule has 5 aromatic carbocycles. The summed E-state index contributed by atoms with van der Waals surface area (Å²) < 4.78 is 12.7. The van der Waals surface area contributed by atoms with E-state index in [9.17, 15) is 0 Å². The van der Waals surface area contributed by atoms with E-state index in [-0.39, 0.29) is 18.4 Å². The van der Waals surface area contributed by atoms with Gasteiger partial charge in [-0.25, -0.2) is 0 Å². The molecule has 0 fully saturated rings. The van der Waals surface area contributed by atoms with Gasteiger partial charge in [0.15, 0.2) is 11.5 Å². The topological polar surface area (TPSA) is 30.5 Å². The van der Waals surface area contributed by atoms with Crippen LogP contribution in [0.4, 0.5) is 0 Å². The van der Waals surface area contributed by atoms with Gasteiger partial charge >= 0.3 is 0 Å². The van der Waals surface area contributed by atoms with Crippen LogP contribution in [0.1, 0.15) is 22.7 Å². The Labute approximate surface area is 230 Å². The van der Waals surface area contributed by atoms with Gasteiger partial charge < -0.3 is 14.8 Å². The van der Waals surface area contributed by atoms with Crippen LogP contribution in [0.2, 0.25) is 0 Å². The van der Waals surface area contributed by atoms with Gasteiger partial charge in [0, 0.05) is 6.04 Å². The molecule has 1 aliphatic heterocycles. The highest BCUT2D eigenvalue weighted by atomic mass is 35.5. The fourth-order valence-electron chi connectivity index (χ4n) is 4.92. The van der Waals surface area contributed by atoms with Crippen LogP contribution in [0.3, 0.4) is 0 Å². The quantitative estimate of drug-likeness (QED) is 0.233. The summed E-state index contributed by atoms with van der Waals surface area (Å²) in [6.07, 6.45) is 1.86. The van der Waals surface area contributed by atoms with Gasteiger partial charge in [0.05, 0.1) is 0 Å². The van der Waals surface area contributed by atoms with E-state index >= 15 is 0 Å². The van der Waals surface area contributed by atoms with Crippen molar-refractivity contribution in [2.75, 3.05) is 6.54 Å². The molecule has 5 aromatic rings. The lowest BCUT2D eigenvalue weighted by molar-refractivity contribution is 0.413. The van der Waals surface area contributed by atoms with Crippen LogP contribution < -0.4 is 14.8 Å². The van der Waals surface area contributed by atoms with Gasteiger partial charge in [0.25, 0.3) is 0 Å². The predicted octanol–water partition coefficient (Wildman–Crippen LogP) is 8.79. The summed E-state index contributed by atoms with van der Waals surface area (Å²) in [5.74, 6) is 3.05. The van der Waals surface area contributed by atoms with Crippen LogP contribution in [-0.4, -0.2) is 6.54 Å². The molecule has 1 N–H and O–H groups in total. The van der Waals surface area contributed by atoms with Crippen molar-refractivity contribution in [1.82, 2.24) is 5.32 Å². The molecule has 0 saturated carbocycles. The maximum absolute atomic E-state index is 6.36. The lowest BCUT2D eigenvalue weighted by atomic mass is 9.89. The molecule has 1 unspecified atom stereocenters. The van der Waals surface area contributed by atoms with E-state index < -0.39 is 0 Å². The lowest BCUT2D eigenvalue weighted by Crippen LogP contribution is -2.31. The van der Waals surface area contributed by atoms with Gasteiger partial charge in [0.2, 0.25) is 0 Å². The van der Waals surface area contributed by atoms with E-state index in [0.29, 0.717) is 0 Å². The number of ether oxygens (including phenoxy) is 2. The second-order valence-electron chi connectivity index (χ2n) is 9.35. The zero-order valence-corrected chi connectivity index (χ0v) is 21.9. The molecule has 4 heteroatoms. The van der Waals surface area contributed by atoms with Crippen molar-refractivity contribution in [3.63, 3.8) is 0 Å². The molecule has 38 heavy (non-hydrogen) atoms. The van der Waals surface area contributed by atoms with Crippen molar-refractivity contribution in [1.29, 1.82) is 0 Å². The molecule has 0 radical (unpaired) electrons. The van der Waals surface area contributed by atoms with E-state index in [1.165, 1.54) is 27.8 Å². The SMILES string of the molecule is Cl.c1ccc(Oc2cc3c(cc2Oc2ccccc2)C(Cc2ccc(-c4ccccc4)cc2)NCC3)cc1. The molecule has 3 nitrogen and oxygen atoms in total. The highest BCUT2D eigenvalue weighted by molar-refractivity contribution is 5.85. The molecule has 1 atom stereocenters. The van der Waals surface area contributed by atoms with E-state index in [0.717, 1.165) is 42.4 Å². The normalized spacial score (nSPS) is 14.2. The molecule has 190 valence electrons. The summed E-state index contributed by atoms with van der Waals surface area (Å²) >= 11 is 0. The fourth-order valence-corrected chi connectivity index (χ4v) is 4.92. The van der Waals surface area contributed by atoms with Crippen molar-refractivity contribution in [3.8, 4) is 34.1 Å². The molecule has 0 aromatic heterocycles. The molecular formula is C34H30ClNO2. The van der Waals surface area contributed by atoms with Gasteiger partial charge in [-0.1, -0.05) is 91.0 Å². The number of rotatable bonds is 7. The number of fused-ring (bicyclic) bond motifs is 1. The Bertz CT molecular complexity index is 1460. The van der Waals surface area contributed by atoms with Crippen LogP contribution in [-0.2, 0) is 12.8 Å². The second kappa shape index (κ2) is 12.0. The third-order valence-corrected chi connectivity index (χ3v) is 6.81. The van der Waals surface area contributed by atoms with Crippen LogP contribution in [0.25, 0.3) is 11.1 Å². The zero-order chi connectivity index (χ0) is 24.9. The summed E-state index contributed by atoms with van der Waals surface area (Å²) in [6.45, 7) is 0.934. The summed E-state index contributed by atoms with van der Waals surface area (Å²) in [4.78, 5) is 0.